The van der Waals surface area contributed by atoms with E-state index in [0.29, 0.717) is 5.56 Å². The summed E-state index contributed by atoms with van der Waals surface area (Å²) in [6.07, 6.45) is 1.33. The largest absolute Gasteiger partial charge is 0.504 e. The zero-order valence-electron chi connectivity index (χ0n) is 7.83. The monoisotopic (exact) mass is 287 g/mol. The number of rotatable bonds is 1. The minimum Gasteiger partial charge on any atom is -0.504 e. The van der Waals surface area contributed by atoms with Crippen LogP contribution in [0.2, 0.25) is 0 Å². The lowest BCUT2D eigenvalue weighted by Crippen LogP contribution is -1.91. The third-order valence-electron chi connectivity index (χ3n) is 2.11. The van der Waals surface area contributed by atoms with Gasteiger partial charge in [0.25, 0.3) is 0 Å². The number of aromatic hydroxyl groups is 2. The highest BCUT2D eigenvalue weighted by Gasteiger charge is 2.20. The molecule has 0 bridgehead atoms. The first-order valence-corrected chi connectivity index (χ1v) is 5.00. The quantitative estimate of drug-likeness (QED) is 0.603. The van der Waals surface area contributed by atoms with Crippen LogP contribution in [-0.4, -0.2) is 20.4 Å². The van der Waals surface area contributed by atoms with Crippen LogP contribution in [0.4, 0.5) is 10.2 Å². The number of nitrogens with zero attached hydrogens (tertiary/aromatic N) is 1. The van der Waals surface area contributed by atoms with Gasteiger partial charge in [0.05, 0.1) is 10.7 Å². The summed E-state index contributed by atoms with van der Waals surface area (Å²) >= 11 is 2.98. The molecule has 1 aromatic heterocycles. The zero-order chi connectivity index (χ0) is 11.9. The number of hydrogen-bond acceptors (Lipinski definition) is 4. The van der Waals surface area contributed by atoms with E-state index in [1.54, 1.807) is 0 Å². The molecule has 0 aliphatic rings. The smallest absolute Gasteiger partial charge is 0.166 e. The number of nitrogens with one attached hydrogen (secondary N) is 1. The predicted molar refractivity (Wildman–Crippen MR) is 59.4 cm³/mol. The highest BCUT2D eigenvalue weighted by molar-refractivity contribution is 9.10. The molecule has 84 valence electrons. The molecule has 0 aliphatic carbocycles. The van der Waals surface area contributed by atoms with Gasteiger partial charge in [-0.2, -0.15) is 5.10 Å². The predicted octanol–water partition coefficient (Wildman–Crippen LogP) is 1.97. The second kappa shape index (κ2) is 3.67. The van der Waals surface area contributed by atoms with Crippen molar-refractivity contribution in [1.82, 2.24) is 10.2 Å². The van der Waals surface area contributed by atoms with Gasteiger partial charge >= 0.3 is 0 Å². The fourth-order valence-electron chi connectivity index (χ4n) is 1.34. The second-order valence-electron chi connectivity index (χ2n) is 3.11. The molecule has 0 saturated carbocycles. The molecular formula is C9H7BrFN3O2. The molecule has 2 rings (SSSR count). The normalized spacial score (nSPS) is 10.6. The Kier molecular flexibility index (Phi) is 2.47. The van der Waals surface area contributed by atoms with E-state index in [1.807, 2.05) is 0 Å². The van der Waals surface area contributed by atoms with Crippen molar-refractivity contribution in [2.24, 2.45) is 0 Å². The van der Waals surface area contributed by atoms with Gasteiger partial charge < -0.3 is 15.9 Å². The van der Waals surface area contributed by atoms with Crippen LogP contribution in [-0.2, 0) is 0 Å². The van der Waals surface area contributed by atoms with Gasteiger partial charge in [-0.1, -0.05) is 0 Å². The van der Waals surface area contributed by atoms with Gasteiger partial charge in [0.2, 0.25) is 0 Å². The Bertz CT molecular complexity index is 530. The van der Waals surface area contributed by atoms with Crippen LogP contribution in [0, 0.1) is 5.82 Å². The number of aromatic nitrogens is 2. The van der Waals surface area contributed by atoms with Crippen LogP contribution in [0.5, 0.6) is 11.5 Å². The van der Waals surface area contributed by atoms with E-state index in [2.05, 4.69) is 26.1 Å². The van der Waals surface area contributed by atoms with Crippen molar-refractivity contribution in [2.45, 2.75) is 0 Å². The van der Waals surface area contributed by atoms with Crippen molar-refractivity contribution >= 4 is 21.7 Å². The first-order valence-electron chi connectivity index (χ1n) is 4.21. The molecule has 1 heterocycles. The van der Waals surface area contributed by atoms with Gasteiger partial charge in [0.15, 0.2) is 11.5 Å². The van der Waals surface area contributed by atoms with Crippen molar-refractivity contribution in [3.05, 3.63) is 22.6 Å². The number of H-pyrrole nitrogens is 1. The summed E-state index contributed by atoms with van der Waals surface area (Å²) in [4.78, 5) is 0. The molecule has 5 N–H and O–H groups in total. The first-order chi connectivity index (χ1) is 7.52. The molecule has 0 unspecified atom stereocenters. The fourth-order valence-corrected chi connectivity index (χ4v) is 1.86. The van der Waals surface area contributed by atoms with Crippen LogP contribution in [0.3, 0.4) is 0 Å². The molecule has 0 spiro atoms. The van der Waals surface area contributed by atoms with Crippen LogP contribution >= 0.6 is 15.9 Å². The summed E-state index contributed by atoms with van der Waals surface area (Å²) in [5.41, 5.74) is 5.92. The van der Waals surface area contributed by atoms with Gasteiger partial charge in [-0.05, 0) is 15.9 Å². The van der Waals surface area contributed by atoms with E-state index in [0.717, 1.165) is 6.07 Å². The maximum Gasteiger partial charge on any atom is 0.166 e. The van der Waals surface area contributed by atoms with Crippen molar-refractivity contribution in [3.8, 4) is 22.6 Å². The summed E-state index contributed by atoms with van der Waals surface area (Å²) in [7, 11) is 0. The number of hydrogen-bond donors (Lipinski definition) is 4. The lowest BCUT2D eigenvalue weighted by atomic mass is 10.1. The number of benzene rings is 1. The molecule has 7 heteroatoms. The highest BCUT2D eigenvalue weighted by atomic mass is 79.9. The van der Waals surface area contributed by atoms with E-state index in [-0.39, 0.29) is 15.9 Å². The summed E-state index contributed by atoms with van der Waals surface area (Å²) in [5.74, 6) is -1.55. The van der Waals surface area contributed by atoms with Crippen molar-refractivity contribution < 1.29 is 14.6 Å². The number of aromatic amines is 1. The third-order valence-corrected chi connectivity index (χ3v) is 2.89. The van der Waals surface area contributed by atoms with Gasteiger partial charge in [0.1, 0.15) is 11.6 Å². The Morgan fingerprint density at radius 2 is 2.12 bits per heavy atom. The van der Waals surface area contributed by atoms with E-state index in [1.165, 1.54) is 6.20 Å². The Morgan fingerprint density at radius 3 is 2.69 bits per heavy atom. The first kappa shape index (κ1) is 10.7. The lowest BCUT2D eigenvalue weighted by molar-refractivity contribution is 0.400. The standard InChI is InChI=1S/C9H7BrFN3O2/c10-7-4(11)1-5(15)8(16)6(7)3-2-13-14-9(3)12/h1-2,15-16H,(H3,12,13,14). The molecule has 0 aliphatic heterocycles. The Morgan fingerprint density at radius 1 is 1.44 bits per heavy atom. The van der Waals surface area contributed by atoms with Gasteiger partial charge in [-0.3, -0.25) is 5.10 Å². The molecule has 0 atom stereocenters. The summed E-state index contributed by atoms with van der Waals surface area (Å²) in [6.45, 7) is 0. The number of phenols is 2. The average molecular weight is 288 g/mol. The van der Waals surface area contributed by atoms with E-state index < -0.39 is 17.3 Å². The summed E-state index contributed by atoms with van der Waals surface area (Å²) < 4.78 is 13.4. The van der Waals surface area contributed by atoms with Crippen LogP contribution in [0.15, 0.2) is 16.7 Å². The molecule has 0 radical (unpaired) electrons. The maximum atomic E-state index is 13.4. The average Bonchev–Trinajstić information content (AvgIpc) is 2.63. The van der Waals surface area contributed by atoms with Crippen LogP contribution in [0.1, 0.15) is 0 Å². The third kappa shape index (κ3) is 1.49. The maximum absolute atomic E-state index is 13.4. The van der Waals surface area contributed by atoms with Gasteiger partial charge in [-0.15, -0.1) is 0 Å². The van der Waals surface area contributed by atoms with Crippen LogP contribution in [0.25, 0.3) is 11.1 Å². The Balaban J connectivity index is 2.79. The van der Waals surface area contributed by atoms with Crippen molar-refractivity contribution in [3.63, 3.8) is 0 Å². The number of anilines is 1. The molecule has 2 aromatic rings. The van der Waals surface area contributed by atoms with E-state index >= 15 is 0 Å². The minimum atomic E-state index is -0.703. The summed E-state index contributed by atoms with van der Waals surface area (Å²) in [6, 6.07) is 0.805. The molecule has 1 aromatic carbocycles. The Labute approximate surface area is 97.8 Å². The summed E-state index contributed by atoms with van der Waals surface area (Å²) in [5, 5.41) is 25.1. The van der Waals surface area contributed by atoms with Gasteiger partial charge in [-0.25, -0.2) is 4.39 Å². The van der Waals surface area contributed by atoms with E-state index in [9.17, 15) is 14.6 Å². The molecule has 0 amide bonds. The SMILES string of the molecule is Nc1[nH]ncc1-c1c(O)c(O)cc(F)c1Br. The topological polar surface area (TPSA) is 95.2 Å². The molecule has 5 nitrogen and oxygen atoms in total. The minimum absolute atomic E-state index is 0.0101. The Hall–Kier alpha value is -1.76. The number of halogens is 2. The molecule has 16 heavy (non-hydrogen) atoms. The number of phenolic OH excluding ortho intramolecular Hbond substituents is 2. The second-order valence-corrected chi connectivity index (χ2v) is 3.91. The van der Waals surface area contributed by atoms with E-state index in [4.69, 9.17) is 5.73 Å². The lowest BCUT2D eigenvalue weighted by Gasteiger charge is -2.08. The highest BCUT2D eigenvalue weighted by Crippen LogP contribution is 2.44. The number of nitrogens with two attached hydrogens (primary N) is 1. The van der Waals surface area contributed by atoms with Gasteiger partial charge in [0, 0.05) is 17.2 Å². The fraction of sp³-hybridized carbons (Fsp3) is 0. The molecular weight excluding hydrogens is 281 g/mol. The zero-order valence-corrected chi connectivity index (χ0v) is 9.42. The molecule has 0 fully saturated rings. The van der Waals surface area contributed by atoms with Crippen LogP contribution < -0.4 is 5.73 Å². The number of nitrogen functional groups attached to an aromatic ring is 1. The van der Waals surface area contributed by atoms with Crippen molar-refractivity contribution in [2.75, 3.05) is 5.73 Å². The molecule has 0 saturated heterocycles. The van der Waals surface area contributed by atoms with Crippen molar-refractivity contribution in [1.29, 1.82) is 0 Å².